The minimum absolute atomic E-state index is 0.797. The first-order valence-electron chi connectivity index (χ1n) is 11.4. The van der Waals surface area contributed by atoms with Crippen molar-refractivity contribution in [3.63, 3.8) is 0 Å². The zero-order valence-corrected chi connectivity index (χ0v) is 18.8. The van der Waals surface area contributed by atoms with Gasteiger partial charge in [0.05, 0.1) is 28.8 Å². The molecular weight excluding hydrogens is 412 g/mol. The van der Waals surface area contributed by atoms with E-state index in [0.717, 1.165) is 63.5 Å². The van der Waals surface area contributed by atoms with Gasteiger partial charge in [-0.05, 0) is 49.6 Å². The number of hydrogen-bond acceptors (Lipinski definition) is 6. The zero-order chi connectivity index (χ0) is 22.4. The van der Waals surface area contributed by atoms with Gasteiger partial charge in [-0.2, -0.15) is 5.10 Å². The van der Waals surface area contributed by atoms with Crippen LogP contribution in [0.1, 0.15) is 19.3 Å². The van der Waals surface area contributed by atoms with E-state index in [2.05, 4.69) is 48.2 Å². The number of rotatable bonds is 4. The summed E-state index contributed by atoms with van der Waals surface area (Å²) in [5, 5.41) is 8.86. The Hall–Kier alpha value is -3.94. The fourth-order valence-electron chi connectivity index (χ4n) is 4.61. The van der Waals surface area contributed by atoms with Gasteiger partial charge in [-0.1, -0.05) is 0 Å². The monoisotopic (exact) mass is 438 g/mol. The number of nitrogens with one attached hydrogen (secondary N) is 2. The summed E-state index contributed by atoms with van der Waals surface area (Å²) in [6.45, 7) is 2.19. The number of H-pyrrole nitrogens is 2. The second kappa shape index (κ2) is 7.88. The Morgan fingerprint density at radius 2 is 1.88 bits per heavy atom. The third-order valence-corrected chi connectivity index (χ3v) is 6.40. The van der Waals surface area contributed by atoms with E-state index in [4.69, 9.17) is 4.98 Å². The molecular formula is C25H26N8. The lowest BCUT2D eigenvalue weighted by molar-refractivity contribution is 0.579. The molecule has 8 heteroatoms. The number of aromatic amines is 2. The van der Waals surface area contributed by atoms with Crippen LogP contribution in [0.3, 0.4) is 0 Å². The van der Waals surface area contributed by atoms with Gasteiger partial charge < -0.3 is 14.8 Å². The van der Waals surface area contributed by atoms with Crippen LogP contribution in [0.5, 0.6) is 0 Å². The van der Waals surface area contributed by atoms with Gasteiger partial charge in [-0.3, -0.25) is 10.1 Å². The number of nitrogens with zero attached hydrogens (tertiary/aromatic N) is 6. The van der Waals surface area contributed by atoms with Crippen LogP contribution in [0.15, 0.2) is 48.9 Å². The minimum Gasteiger partial charge on any atom is -0.376 e. The van der Waals surface area contributed by atoms with Crippen LogP contribution in [-0.4, -0.2) is 57.3 Å². The first kappa shape index (κ1) is 19.7. The summed E-state index contributed by atoms with van der Waals surface area (Å²) in [4.78, 5) is 21.9. The predicted molar refractivity (Wildman–Crippen MR) is 133 cm³/mol. The normalized spacial score (nSPS) is 14.3. The van der Waals surface area contributed by atoms with Crippen molar-refractivity contribution in [2.45, 2.75) is 19.3 Å². The van der Waals surface area contributed by atoms with Crippen LogP contribution in [0.4, 0.5) is 11.4 Å². The van der Waals surface area contributed by atoms with E-state index in [1.54, 1.807) is 0 Å². The van der Waals surface area contributed by atoms with E-state index < -0.39 is 0 Å². The van der Waals surface area contributed by atoms with Crippen molar-refractivity contribution in [3.05, 3.63) is 48.9 Å². The largest absolute Gasteiger partial charge is 0.376 e. The summed E-state index contributed by atoms with van der Waals surface area (Å²) < 4.78 is 0. The number of hydrogen-bond donors (Lipinski definition) is 2. The van der Waals surface area contributed by atoms with Crippen LogP contribution in [0.25, 0.3) is 44.7 Å². The van der Waals surface area contributed by atoms with E-state index in [0.29, 0.717) is 0 Å². The van der Waals surface area contributed by atoms with E-state index in [1.807, 2.05) is 49.7 Å². The van der Waals surface area contributed by atoms with Crippen LogP contribution in [-0.2, 0) is 0 Å². The van der Waals surface area contributed by atoms with E-state index >= 15 is 0 Å². The predicted octanol–water partition coefficient (Wildman–Crippen LogP) is 4.62. The van der Waals surface area contributed by atoms with E-state index in [9.17, 15) is 0 Å². The summed E-state index contributed by atoms with van der Waals surface area (Å²) in [6, 6.07) is 10.4. The van der Waals surface area contributed by atoms with Crippen LogP contribution < -0.4 is 9.80 Å². The van der Waals surface area contributed by atoms with E-state index in [-0.39, 0.29) is 0 Å². The average Bonchev–Trinajstić information content (AvgIpc) is 3.48. The third kappa shape index (κ3) is 3.47. The molecule has 6 heterocycles. The van der Waals surface area contributed by atoms with Crippen molar-refractivity contribution in [1.82, 2.24) is 30.1 Å². The molecule has 5 aromatic heterocycles. The maximum atomic E-state index is 4.96. The van der Waals surface area contributed by atoms with Crippen LogP contribution in [0.2, 0.25) is 0 Å². The fraction of sp³-hybridized carbons (Fsp3) is 0.280. The number of fused-ring (bicyclic) bond motifs is 2. The van der Waals surface area contributed by atoms with Gasteiger partial charge in [-0.15, -0.1) is 0 Å². The van der Waals surface area contributed by atoms with Gasteiger partial charge in [0.2, 0.25) is 0 Å². The molecule has 0 aliphatic carbocycles. The van der Waals surface area contributed by atoms with Gasteiger partial charge in [0, 0.05) is 56.2 Å². The molecule has 0 saturated carbocycles. The van der Waals surface area contributed by atoms with Crippen molar-refractivity contribution in [3.8, 4) is 22.6 Å². The van der Waals surface area contributed by atoms with Crippen molar-refractivity contribution >= 4 is 33.4 Å². The molecule has 0 radical (unpaired) electrons. The highest BCUT2D eigenvalue weighted by atomic mass is 15.1. The number of aromatic nitrogens is 6. The molecule has 0 atom stereocenters. The van der Waals surface area contributed by atoms with Gasteiger partial charge in [0.25, 0.3) is 0 Å². The molecule has 33 heavy (non-hydrogen) atoms. The highest BCUT2D eigenvalue weighted by Gasteiger charge is 2.18. The lowest BCUT2D eigenvalue weighted by Crippen LogP contribution is -2.29. The number of piperidine rings is 1. The minimum atomic E-state index is 0.797. The summed E-state index contributed by atoms with van der Waals surface area (Å²) in [5.74, 6) is 0. The third-order valence-electron chi connectivity index (χ3n) is 6.40. The van der Waals surface area contributed by atoms with Gasteiger partial charge in [0.1, 0.15) is 16.9 Å². The molecule has 1 fully saturated rings. The Labute approximate surface area is 191 Å². The van der Waals surface area contributed by atoms with Crippen molar-refractivity contribution in [2.24, 2.45) is 0 Å². The molecule has 5 aromatic rings. The van der Waals surface area contributed by atoms with E-state index in [1.165, 1.54) is 24.9 Å². The fourth-order valence-corrected chi connectivity index (χ4v) is 4.61. The molecule has 1 aliphatic rings. The summed E-state index contributed by atoms with van der Waals surface area (Å²) in [7, 11) is 4.02. The van der Waals surface area contributed by atoms with Gasteiger partial charge >= 0.3 is 0 Å². The zero-order valence-electron chi connectivity index (χ0n) is 18.8. The SMILES string of the molecule is CN(C)c1cncc(-c2ccc3[nH]nc(-c4cc5c(N6CCCCC6)ccnc5[nH]4)c3n2)c1. The summed E-state index contributed by atoms with van der Waals surface area (Å²) in [5.41, 5.74) is 8.43. The van der Waals surface area contributed by atoms with Gasteiger partial charge in [-0.25, -0.2) is 9.97 Å². The average molecular weight is 439 g/mol. The Morgan fingerprint density at radius 3 is 2.73 bits per heavy atom. The highest BCUT2D eigenvalue weighted by Crippen LogP contribution is 2.33. The maximum absolute atomic E-state index is 4.96. The Bertz CT molecular complexity index is 1440. The second-order valence-electron chi connectivity index (χ2n) is 8.81. The molecule has 2 N–H and O–H groups in total. The van der Waals surface area contributed by atoms with Crippen molar-refractivity contribution in [1.29, 1.82) is 0 Å². The Morgan fingerprint density at radius 1 is 1.00 bits per heavy atom. The Kier molecular flexibility index (Phi) is 4.71. The maximum Gasteiger partial charge on any atom is 0.139 e. The first-order valence-corrected chi connectivity index (χ1v) is 11.4. The standard InChI is InChI=1S/C25H26N8/c1-32(2)17-12-16(14-26-15-17)19-6-7-20-23(28-19)24(31-30-20)21-13-18-22(8-9-27-25(18)29-21)33-10-4-3-5-11-33/h6-9,12-15H,3-5,10-11H2,1-2H3,(H,27,29)(H,30,31). The first-order chi connectivity index (χ1) is 16.2. The van der Waals surface area contributed by atoms with Crippen molar-refractivity contribution in [2.75, 3.05) is 37.0 Å². The number of anilines is 2. The van der Waals surface area contributed by atoms with Crippen LogP contribution >= 0.6 is 0 Å². The molecule has 8 nitrogen and oxygen atoms in total. The lowest BCUT2D eigenvalue weighted by atomic mass is 10.1. The quantitative estimate of drug-likeness (QED) is 0.426. The summed E-state index contributed by atoms with van der Waals surface area (Å²) >= 11 is 0. The molecule has 0 amide bonds. The number of pyridine rings is 3. The molecule has 0 unspecified atom stereocenters. The van der Waals surface area contributed by atoms with Gasteiger partial charge in [0.15, 0.2) is 0 Å². The molecule has 0 aromatic carbocycles. The highest BCUT2D eigenvalue weighted by molar-refractivity contribution is 5.97. The molecule has 1 aliphatic heterocycles. The van der Waals surface area contributed by atoms with Crippen molar-refractivity contribution < 1.29 is 0 Å². The second-order valence-corrected chi connectivity index (χ2v) is 8.81. The molecule has 0 spiro atoms. The smallest absolute Gasteiger partial charge is 0.139 e. The summed E-state index contributed by atoms with van der Waals surface area (Å²) in [6.07, 6.45) is 9.37. The Balaban J connectivity index is 1.44. The molecule has 1 saturated heterocycles. The lowest BCUT2D eigenvalue weighted by Gasteiger charge is -2.29. The topological polar surface area (TPSA) is 89.6 Å². The van der Waals surface area contributed by atoms with Crippen LogP contribution in [0, 0.1) is 0 Å². The molecule has 166 valence electrons. The molecule has 0 bridgehead atoms. The molecule has 6 rings (SSSR count).